The number of hydrogen-bond donors (Lipinski definition) is 2. The lowest BCUT2D eigenvalue weighted by atomic mass is 10.1. The van der Waals surface area contributed by atoms with Crippen LogP contribution in [0.4, 0.5) is 10.2 Å². The molecule has 1 aromatic carbocycles. The van der Waals surface area contributed by atoms with E-state index in [0.29, 0.717) is 11.0 Å². The first kappa shape index (κ1) is 12.0. The molecule has 1 aliphatic carbocycles. The zero-order valence-electron chi connectivity index (χ0n) is 10.3. The molecule has 2 N–H and O–H groups in total. The summed E-state index contributed by atoms with van der Waals surface area (Å²) < 4.78 is 13.8. The molecule has 0 amide bonds. The zero-order chi connectivity index (χ0) is 13.2. The van der Waals surface area contributed by atoms with Crippen LogP contribution in [0.15, 0.2) is 36.4 Å². The minimum atomic E-state index is -0.598. The Balaban J connectivity index is 1.85. The topological polar surface area (TPSA) is 58.0 Å². The maximum absolute atomic E-state index is 13.8. The predicted molar refractivity (Wildman–Crippen MR) is 71.2 cm³/mol. The van der Waals surface area contributed by atoms with Gasteiger partial charge in [-0.25, -0.2) is 9.97 Å². The number of hydrogen-bond acceptors (Lipinski definition) is 4. The number of nitrogens with zero attached hydrogens (tertiary/aromatic N) is 2. The van der Waals surface area contributed by atoms with Crippen LogP contribution in [0.1, 0.15) is 6.42 Å². The van der Waals surface area contributed by atoms with E-state index in [1.54, 1.807) is 18.2 Å². The van der Waals surface area contributed by atoms with Gasteiger partial charge < -0.3 is 10.4 Å². The van der Waals surface area contributed by atoms with Crippen molar-refractivity contribution in [2.24, 2.45) is 5.92 Å². The van der Waals surface area contributed by atoms with Crippen molar-refractivity contribution in [1.29, 1.82) is 0 Å². The molecule has 3 rings (SSSR count). The quantitative estimate of drug-likeness (QED) is 0.829. The van der Waals surface area contributed by atoms with Crippen LogP contribution in [0.25, 0.3) is 11.0 Å². The molecule has 0 aliphatic heterocycles. The molecule has 0 saturated heterocycles. The molecule has 2 atom stereocenters. The van der Waals surface area contributed by atoms with Crippen molar-refractivity contribution in [2.45, 2.75) is 12.5 Å². The molecule has 1 aromatic heterocycles. The van der Waals surface area contributed by atoms with Crippen LogP contribution in [-0.4, -0.2) is 27.7 Å². The van der Waals surface area contributed by atoms with Crippen LogP contribution in [0.3, 0.4) is 0 Å². The van der Waals surface area contributed by atoms with Crippen molar-refractivity contribution < 1.29 is 9.50 Å². The molecule has 0 saturated carbocycles. The highest BCUT2D eigenvalue weighted by Crippen LogP contribution is 2.22. The van der Waals surface area contributed by atoms with E-state index < -0.39 is 5.95 Å². The van der Waals surface area contributed by atoms with Gasteiger partial charge in [0.25, 0.3) is 5.95 Å². The van der Waals surface area contributed by atoms with Gasteiger partial charge in [-0.3, -0.25) is 0 Å². The lowest BCUT2D eigenvalue weighted by Gasteiger charge is -2.13. The summed E-state index contributed by atoms with van der Waals surface area (Å²) in [6.07, 6.45) is 4.60. The molecule has 0 radical (unpaired) electrons. The number of anilines is 1. The highest BCUT2D eigenvalue weighted by molar-refractivity contribution is 5.75. The lowest BCUT2D eigenvalue weighted by Crippen LogP contribution is -2.18. The van der Waals surface area contributed by atoms with Crippen LogP contribution < -0.4 is 5.32 Å². The summed E-state index contributed by atoms with van der Waals surface area (Å²) >= 11 is 0. The average Bonchev–Trinajstić information content (AvgIpc) is 2.87. The lowest BCUT2D eigenvalue weighted by molar-refractivity contribution is 0.250. The number of benzene rings is 1. The van der Waals surface area contributed by atoms with Gasteiger partial charge >= 0.3 is 0 Å². The maximum atomic E-state index is 13.8. The third-order valence-corrected chi connectivity index (χ3v) is 3.26. The first-order valence-electron chi connectivity index (χ1n) is 6.24. The normalized spacial score (nSPS) is 22.0. The van der Waals surface area contributed by atoms with Gasteiger partial charge in [0.1, 0.15) is 0 Å². The van der Waals surface area contributed by atoms with Crippen LogP contribution in [0.5, 0.6) is 0 Å². The third-order valence-electron chi connectivity index (χ3n) is 3.26. The van der Waals surface area contributed by atoms with Gasteiger partial charge in [-0.05, 0) is 18.6 Å². The van der Waals surface area contributed by atoms with E-state index >= 15 is 0 Å². The maximum Gasteiger partial charge on any atom is 0.256 e. The van der Waals surface area contributed by atoms with Gasteiger partial charge in [-0.1, -0.05) is 24.3 Å². The van der Waals surface area contributed by atoms with E-state index in [4.69, 9.17) is 5.11 Å². The first-order chi connectivity index (χ1) is 9.26. The Morgan fingerprint density at radius 3 is 2.63 bits per heavy atom. The number of halogens is 1. The van der Waals surface area contributed by atoms with Gasteiger partial charge in [0, 0.05) is 18.6 Å². The van der Waals surface area contributed by atoms with Crippen molar-refractivity contribution in [3.8, 4) is 0 Å². The average molecular weight is 259 g/mol. The van der Waals surface area contributed by atoms with E-state index in [0.717, 1.165) is 6.42 Å². The molecule has 0 unspecified atom stereocenters. The summed E-state index contributed by atoms with van der Waals surface area (Å²) in [4.78, 5) is 8.14. The molecule has 1 aliphatic rings. The van der Waals surface area contributed by atoms with Crippen LogP contribution in [0.2, 0.25) is 0 Å². The first-order valence-corrected chi connectivity index (χ1v) is 6.24. The minimum absolute atomic E-state index is 0.0119. The van der Waals surface area contributed by atoms with E-state index in [1.165, 1.54) is 0 Å². The van der Waals surface area contributed by atoms with Gasteiger partial charge in [0.05, 0.1) is 11.0 Å². The summed E-state index contributed by atoms with van der Waals surface area (Å²) in [6.45, 7) is 0.112. The molecule has 5 heteroatoms. The van der Waals surface area contributed by atoms with E-state index in [9.17, 15) is 4.39 Å². The molecule has 2 aromatic rings. The van der Waals surface area contributed by atoms with Crippen LogP contribution in [0, 0.1) is 11.9 Å². The Labute approximate surface area is 110 Å². The molecule has 98 valence electrons. The van der Waals surface area contributed by atoms with Crippen molar-refractivity contribution in [1.82, 2.24) is 9.97 Å². The highest BCUT2D eigenvalue weighted by Gasteiger charge is 2.20. The number of para-hydroxylation sites is 2. The Morgan fingerprint density at radius 1 is 1.21 bits per heavy atom. The van der Waals surface area contributed by atoms with Crippen molar-refractivity contribution in [2.75, 3.05) is 11.9 Å². The Bertz CT molecular complexity index is 629. The van der Waals surface area contributed by atoms with Gasteiger partial charge in [0.2, 0.25) is 0 Å². The Hall–Kier alpha value is -2.01. The third kappa shape index (κ3) is 2.42. The smallest absolute Gasteiger partial charge is 0.256 e. The predicted octanol–water partition coefficient (Wildman–Crippen LogP) is 2.12. The molecule has 0 bridgehead atoms. The minimum Gasteiger partial charge on any atom is -0.396 e. The zero-order valence-corrected chi connectivity index (χ0v) is 10.3. The summed E-state index contributed by atoms with van der Waals surface area (Å²) in [5.74, 6) is -0.305. The summed E-state index contributed by atoms with van der Waals surface area (Å²) in [5.41, 5.74) is 1.20. The number of aliphatic hydroxyl groups excluding tert-OH is 1. The number of rotatable bonds is 3. The molecular formula is C14H14FN3O. The second-order valence-corrected chi connectivity index (χ2v) is 4.67. The Kier molecular flexibility index (Phi) is 3.13. The number of aromatic nitrogens is 2. The summed E-state index contributed by atoms with van der Waals surface area (Å²) in [7, 11) is 0. The molecule has 4 nitrogen and oxygen atoms in total. The van der Waals surface area contributed by atoms with Crippen molar-refractivity contribution in [3.63, 3.8) is 0 Å². The fourth-order valence-electron chi connectivity index (χ4n) is 2.26. The van der Waals surface area contributed by atoms with E-state index in [2.05, 4.69) is 15.3 Å². The number of aliphatic hydroxyl groups is 1. The van der Waals surface area contributed by atoms with E-state index in [1.807, 2.05) is 18.2 Å². The second kappa shape index (κ2) is 4.93. The number of fused-ring (bicyclic) bond motifs is 1. The molecular weight excluding hydrogens is 245 g/mol. The standard InChI is InChI=1S/C14H14FN3O/c15-13-14(16-10-6-5-9(7-10)8-19)18-12-4-2-1-3-11(12)17-13/h1-6,9-10,19H,7-8H2,(H,16,18)/t9-,10+/m0/s1. The fourth-order valence-corrected chi connectivity index (χ4v) is 2.26. The van der Waals surface area contributed by atoms with Gasteiger partial charge in [-0.15, -0.1) is 0 Å². The molecule has 19 heavy (non-hydrogen) atoms. The monoisotopic (exact) mass is 259 g/mol. The van der Waals surface area contributed by atoms with Crippen LogP contribution in [-0.2, 0) is 0 Å². The fraction of sp³-hybridized carbons (Fsp3) is 0.286. The summed E-state index contributed by atoms with van der Waals surface area (Å²) in [6, 6.07) is 7.16. The highest BCUT2D eigenvalue weighted by atomic mass is 19.1. The summed E-state index contributed by atoms with van der Waals surface area (Å²) in [5, 5.41) is 12.1. The van der Waals surface area contributed by atoms with Gasteiger partial charge in [0.15, 0.2) is 5.82 Å². The van der Waals surface area contributed by atoms with Gasteiger partial charge in [-0.2, -0.15) is 4.39 Å². The largest absolute Gasteiger partial charge is 0.396 e. The van der Waals surface area contributed by atoms with E-state index in [-0.39, 0.29) is 24.4 Å². The van der Waals surface area contributed by atoms with Crippen LogP contribution >= 0.6 is 0 Å². The molecule has 0 spiro atoms. The SMILES string of the molecule is OC[C@H]1C=C[C@@H](Nc2nc3ccccc3nc2F)C1. The Morgan fingerprint density at radius 2 is 1.95 bits per heavy atom. The van der Waals surface area contributed by atoms with Crippen molar-refractivity contribution >= 4 is 16.9 Å². The number of nitrogens with one attached hydrogen (secondary N) is 1. The van der Waals surface area contributed by atoms with Crippen molar-refractivity contribution in [3.05, 3.63) is 42.4 Å². The molecule has 1 heterocycles. The molecule has 0 fully saturated rings. The second-order valence-electron chi connectivity index (χ2n) is 4.67.